The predicted molar refractivity (Wildman–Crippen MR) is 89.9 cm³/mol. The summed E-state index contributed by atoms with van der Waals surface area (Å²) in [5.74, 6) is 1.00. The molecular formula is C17H23ClN2O3. The number of methoxy groups -OCH3 is 1. The number of nitrogens with zero attached hydrogens (tertiary/aromatic N) is 2. The second-order valence-corrected chi connectivity index (χ2v) is 6.53. The largest absolute Gasteiger partial charge is 0.495 e. The molecule has 1 aliphatic rings. The van der Waals surface area contributed by atoms with Gasteiger partial charge >= 0.3 is 0 Å². The van der Waals surface area contributed by atoms with Gasteiger partial charge in [0.2, 0.25) is 5.91 Å². The molecule has 0 unspecified atom stereocenters. The smallest absolute Gasteiger partial charge is 0.254 e. The zero-order valence-electron chi connectivity index (χ0n) is 13.8. The molecule has 1 aromatic carbocycles. The average molecular weight is 339 g/mol. The summed E-state index contributed by atoms with van der Waals surface area (Å²) < 4.78 is 5.10. The molecule has 0 saturated carbocycles. The molecule has 1 aliphatic heterocycles. The lowest BCUT2D eigenvalue weighted by molar-refractivity contribution is -0.133. The van der Waals surface area contributed by atoms with E-state index < -0.39 is 0 Å². The van der Waals surface area contributed by atoms with Crippen LogP contribution in [-0.2, 0) is 4.79 Å². The van der Waals surface area contributed by atoms with Gasteiger partial charge < -0.3 is 14.5 Å². The summed E-state index contributed by atoms with van der Waals surface area (Å²) in [5.41, 5.74) is 0.540. The van der Waals surface area contributed by atoms with E-state index in [1.807, 2.05) is 18.7 Å². The third-order valence-corrected chi connectivity index (χ3v) is 4.20. The molecule has 0 radical (unpaired) electrons. The predicted octanol–water partition coefficient (Wildman–Crippen LogP) is 2.68. The quantitative estimate of drug-likeness (QED) is 0.848. The van der Waals surface area contributed by atoms with Gasteiger partial charge in [-0.25, -0.2) is 0 Å². The van der Waals surface area contributed by atoms with Crippen LogP contribution < -0.4 is 4.74 Å². The molecule has 0 N–H and O–H groups in total. The molecule has 23 heavy (non-hydrogen) atoms. The normalized spacial score (nSPS) is 15.0. The van der Waals surface area contributed by atoms with Gasteiger partial charge in [0.25, 0.3) is 5.91 Å². The van der Waals surface area contributed by atoms with Crippen LogP contribution in [0.25, 0.3) is 0 Å². The minimum absolute atomic E-state index is 0.0643. The molecule has 1 heterocycles. The summed E-state index contributed by atoms with van der Waals surface area (Å²) in [6, 6.07) is 5.03. The van der Waals surface area contributed by atoms with Crippen molar-refractivity contribution in [3.63, 3.8) is 0 Å². The van der Waals surface area contributed by atoms with Crippen molar-refractivity contribution in [2.75, 3.05) is 33.3 Å². The second-order valence-electron chi connectivity index (χ2n) is 6.12. The molecular weight excluding hydrogens is 316 g/mol. The number of piperazine rings is 1. The van der Waals surface area contributed by atoms with Crippen molar-refractivity contribution in [1.82, 2.24) is 9.80 Å². The summed E-state index contributed by atoms with van der Waals surface area (Å²) >= 11 is 6.08. The molecule has 126 valence electrons. The lowest BCUT2D eigenvalue weighted by Crippen LogP contribution is -2.50. The van der Waals surface area contributed by atoms with Gasteiger partial charge in [0.1, 0.15) is 5.75 Å². The highest BCUT2D eigenvalue weighted by Gasteiger charge is 2.25. The Labute approximate surface area is 142 Å². The van der Waals surface area contributed by atoms with E-state index in [1.54, 1.807) is 23.1 Å². The van der Waals surface area contributed by atoms with E-state index in [4.69, 9.17) is 16.3 Å². The summed E-state index contributed by atoms with van der Waals surface area (Å²) in [5, 5.41) is 0.420. The number of benzene rings is 1. The Morgan fingerprint density at radius 1 is 1.17 bits per heavy atom. The fraction of sp³-hybridized carbons (Fsp3) is 0.529. The highest BCUT2D eigenvalue weighted by Crippen LogP contribution is 2.25. The van der Waals surface area contributed by atoms with Gasteiger partial charge in [0.15, 0.2) is 0 Å². The first kappa shape index (κ1) is 17.6. The van der Waals surface area contributed by atoms with Crippen LogP contribution in [0.4, 0.5) is 0 Å². The van der Waals surface area contributed by atoms with Crippen LogP contribution in [0.1, 0.15) is 30.6 Å². The third-order valence-electron chi connectivity index (χ3n) is 3.90. The molecule has 6 heteroatoms. The maximum absolute atomic E-state index is 12.5. The molecule has 0 aliphatic carbocycles. The summed E-state index contributed by atoms with van der Waals surface area (Å²) in [4.78, 5) is 28.2. The Bertz CT molecular complexity index is 581. The number of ether oxygens (including phenoxy) is 1. The minimum Gasteiger partial charge on any atom is -0.495 e. The summed E-state index contributed by atoms with van der Waals surface area (Å²) in [6.45, 7) is 6.33. The Balaban J connectivity index is 1.96. The van der Waals surface area contributed by atoms with Gasteiger partial charge in [-0.15, -0.1) is 0 Å². The first-order valence-corrected chi connectivity index (χ1v) is 8.20. The fourth-order valence-electron chi connectivity index (χ4n) is 2.62. The van der Waals surface area contributed by atoms with E-state index in [1.165, 1.54) is 7.11 Å². The zero-order valence-corrected chi connectivity index (χ0v) is 14.6. The van der Waals surface area contributed by atoms with Crippen molar-refractivity contribution < 1.29 is 14.3 Å². The molecule has 0 bridgehead atoms. The molecule has 0 atom stereocenters. The molecule has 1 saturated heterocycles. The zero-order chi connectivity index (χ0) is 17.0. The standard InChI is InChI=1S/C17H23ClN2O3/c1-12(2)10-16(21)19-6-8-20(9-7-19)17(22)13-4-5-15(23-3)14(18)11-13/h4-5,11-12H,6-10H2,1-3H3. The number of hydrogen-bond donors (Lipinski definition) is 0. The van der Waals surface area contributed by atoms with Gasteiger partial charge in [-0.05, 0) is 24.1 Å². The highest BCUT2D eigenvalue weighted by molar-refractivity contribution is 6.32. The van der Waals surface area contributed by atoms with Gasteiger partial charge in [0, 0.05) is 38.2 Å². The van der Waals surface area contributed by atoms with Crippen molar-refractivity contribution in [3.05, 3.63) is 28.8 Å². The van der Waals surface area contributed by atoms with Crippen LogP contribution in [-0.4, -0.2) is 54.9 Å². The summed E-state index contributed by atoms with van der Waals surface area (Å²) in [6.07, 6.45) is 0.558. The number of carbonyl (C=O) groups is 2. The van der Waals surface area contributed by atoms with Crippen LogP contribution >= 0.6 is 11.6 Å². The molecule has 1 fully saturated rings. The van der Waals surface area contributed by atoms with E-state index in [-0.39, 0.29) is 11.8 Å². The first-order valence-electron chi connectivity index (χ1n) is 7.83. The topological polar surface area (TPSA) is 49.9 Å². The van der Waals surface area contributed by atoms with E-state index >= 15 is 0 Å². The Hall–Kier alpha value is -1.75. The van der Waals surface area contributed by atoms with Gasteiger partial charge in [-0.2, -0.15) is 0 Å². The van der Waals surface area contributed by atoms with Crippen molar-refractivity contribution in [3.8, 4) is 5.75 Å². The van der Waals surface area contributed by atoms with Crippen LogP contribution in [0.3, 0.4) is 0 Å². The van der Waals surface area contributed by atoms with Gasteiger partial charge in [-0.3, -0.25) is 9.59 Å². The van der Waals surface area contributed by atoms with Crippen LogP contribution in [0, 0.1) is 5.92 Å². The number of amides is 2. The monoisotopic (exact) mass is 338 g/mol. The fourth-order valence-corrected chi connectivity index (χ4v) is 2.88. The Morgan fingerprint density at radius 2 is 1.78 bits per heavy atom. The highest BCUT2D eigenvalue weighted by atomic mass is 35.5. The third kappa shape index (κ3) is 4.38. The number of hydrogen-bond acceptors (Lipinski definition) is 3. The summed E-state index contributed by atoms with van der Waals surface area (Å²) in [7, 11) is 1.54. The molecule has 1 aromatic rings. The Morgan fingerprint density at radius 3 is 2.30 bits per heavy atom. The molecule has 2 rings (SSSR count). The molecule has 2 amide bonds. The molecule has 0 spiro atoms. The van der Waals surface area contributed by atoms with E-state index in [9.17, 15) is 9.59 Å². The molecule has 5 nitrogen and oxygen atoms in total. The van der Waals surface area contributed by atoms with Gasteiger partial charge in [-0.1, -0.05) is 25.4 Å². The number of carbonyl (C=O) groups excluding carboxylic acids is 2. The lowest BCUT2D eigenvalue weighted by atomic mass is 10.1. The van der Waals surface area contributed by atoms with Crippen LogP contribution in [0.2, 0.25) is 5.02 Å². The minimum atomic E-state index is -0.0643. The van der Waals surface area contributed by atoms with Crippen molar-refractivity contribution in [2.24, 2.45) is 5.92 Å². The maximum Gasteiger partial charge on any atom is 0.254 e. The van der Waals surface area contributed by atoms with Crippen LogP contribution in [0.5, 0.6) is 5.75 Å². The average Bonchev–Trinajstić information content (AvgIpc) is 2.53. The number of halogens is 1. The van der Waals surface area contributed by atoms with Gasteiger partial charge in [0.05, 0.1) is 12.1 Å². The van der Waals surface area contributed by atoms with E-state index in [2.05, 4.69) is 0 Å². The number of rotatable bonds is 4. The molecule has 0 aromatic heterocycles. The first-order chi connectivity index (χ1) is 10.9. The van der Waals surface area contributed by atoms with Crippen LogP contribution in [0.15, 0.2) is 18.2 Å². The van der Waals surface area contributed by atoms with Crippen molar-refractivity contribution >= 4 is 23.4 Å². The second kappa shape index (κ2) is 7.68. The maximum atomic E-state index is 12.5. The van der Waals surface area contributed by atoms with E-state index in [0.29, 0.717) is 54.9 Å². The SMILES string of the molecule is COc1ccc(C(=O)N2CCN(C(=O)CC(C)C)CC2)cc1Cl. The van der Waals surface area contributed by atoms with E-state index in [0.717, 1.165) is 0 Å². The lowest BCUT2D eigenvalue weighted by Gasteiger charge is -2.35. The Kier molecular flexibility index (Phi) is 5.88. The van der Waals surface area contributed by atoms with Crippen molar-refractivity contribution in [1.29, 1.82) is 0 Å². The van der Waals surface area contributed by atoms with Crippen molar-refractivity contribution in [2.45, 2.75) is 20.3 Å².